The van der Waals surface area contributed by atoms with Gasteiger partial charge in [-0.3, -0.25) is 4.79 Å². The van der Waals surface area contributed by atoms with Gasteiger partial charge >= 0.3 is 5.97 Å². The lowest BCUT2D eigenvalue weighted by Crippen LogP contribution is -2.36. The topological polar surface area (TPSA) is 98.1 Å². The van der Waals surface area contributed by atoms with Gasteiger partial charge in [-0.25, -0.2) is 4.79 Å². The molecular formula is C16H17NO5. The Morgan fingerprint density at radius 3 is 1.95 bits per heavy atom. The Balaban J connectivity index is 2.59. The third-order valence-electron chi connectivity index (χ3n) is 3.39. The maximum Gasteiger partial charge on any atom is 0.336 e. The van der Waals surface area contributed by atoms with Gasteiger partial charge in [0.1, 0.15) is 0 Å². The summed E-state index contributed by atoms with van der Waals surface area (Å²) in [5.74, 6) is -1.52. The summed E-state index contributed by atoms with van der Waals surface area (Å²) in [5, 5.41) is 28.4. The summed E-state index contributed by atoms with van der Waals surface area (Å²) in [6, 6.07) is 9.78. The molecule has 6 nitrogen and oxygen atoms in total. The van der Waals surface area contributed by atoms with Crippen LogP contribution in [-0.2, 0) is 0 Å². The monoisotopic (exact) mass is 303 g/mol. The molecule has 2 aromatic rings. The largest absolute Gasteiger partial charge is 0.478 e. The molecular weight excluding hydrogens is 286 g/mol. The van der Waals surface area contributed by atoms with Crippen LogP contribution in [0.25, 0.3) is 10.8 Å². The van der Waals surface area contributed by atoms with Gasteiger partial charge < -0.3 is 20.2 Å². The Bertz CT molecular complexity index is 687. The summed E-state index contributed by atoms with van der Waals surface area (Å²) >= 11 is 0. The van der Waals surface area contributed by atoms with E-state index in [9.17, 15) is 14.7 Å². The number of amides is 1. The van der Waals surface area contributed by atoms with Crippen molar-refractivity contribution in [3.8, 4) is 0 Å². The Hall–Kier alpha value is -2.44. The summed E-state index contributed by atoms with van der Waals surface area (Å²) in [4.78, 5) is 25.3. The van der Waals surface area contributed by atoms with E-state index in [1.807, 2.05) is 0 Å². The zero-order valence-corrected chi connectivity index (χ0v) is 11.9. The Kier molecular flexibility index (Phi) is 5.08. The zero-order valence-electron chi connectivity index (χ0n) is 11.9. The van der Waals surface area contributed by atoms with Crippen molar-refractivity contribution in [3.63, 3.8) is 0 Å². The van der Waals surface area contributed by atoms with Crippen molar-refractivity contribution in [2.75, 3.05) is 26.3 Å². The van der Waals surface area contributed by atoms with E-state index < -0.39 is 11.9 Å². The zero-order chi connectivity index (χ0) is 16.1. The molecule has 2 aromatic carbocycles. The first-order chi connectivity index (χ1) is 10.6. The van der Waals surface area contributed by atoms with Crippen LogP contribution < -0.4 is 0 Å². The minimum Gasteiger partial charge on any atom is -0.478 e. The highest BCUT2D eigenvalue weighted by molar-refractivity contribution is 6.14. The number of aliphatic hydroxyl groups is 2. The second kappa shape index (κ2) is 7.02. The number of benzene rings is 2. The average molecular weight is 303 g/mol. The minimum atomic E-state index is -1.11. The Labute approximate surface area is 127 Å². The van der Waals surface area contributed by atoms with E-state index in [0.717, 1.165) is 0 Å². The lowest BCUT2D eigenvalue weighted by Gasteiger charge is -2.21. The van der Waals surface area contributed by atoms with E-state index in [1.165, 1.54) is 11.0 Å². The maximum atomic E-state index is 12.6. The fraction of sp³-hybridized carbons (Fsp3) is 0.250. The van der Waals surface area contributed by atoms with Crippen molar-refractivity contribution in [1.29, 1.82) is 0 Å². The molecule has 0 heterocycles. The standard InChI is InChI=1S/C16H17NO5/c18-9-7-17(8-10-19)15(20)12-5-1-3-11-4-2-6-13(14(11)12)16(21)22/h1-6,18-19H,7-10H2,(H,21,22). The maximum absolute atomic E-state index is 12.6. The smallest absolute Gasteiger partial charge is 0.336 e. The molecule has 22 heavy (non-hydrogen) atoms. The fourth-order valence-corrected chi connectivity index (χ4v) is 2.42. The van der Waals surface area contributed by atoms with Gasteiger partial charge in [0.15, 0.2) is 0 Å². The molecule has 0 bridgehead atoms. The highest BCUT2D eigenvalue weighted by atomic mass is 16.4. The first kappa shape index (κ1) is 15.9. The molecule has 0 saturated carbocycles. The Morgan fingerprint density at radius 1 is 0.909 bits per heavy atom. The van der Waals surface area contributed by atoms with Crippen molar-refractivity contribution in [2.24, 2.45) is 0 Å². The first-order valence-electron chi connectivity index (χ1n) is 6.86. The van der Waals surface area contributed by atoms with E-state index in [4.69, 9.17) is 10.2 Å². The van der Waals surface area contributed by atoms with E-state index >= 15 is 0 Å². The van der Waals surface area contributed by atoms with Gasteiger partial charge in [0.25, 0.3) is 5.91 Å². The second-order valence-electron chi connectivity index (χ2n) is 4.75. The van der Waals surface area contributed by atoms with Crippen LogP contribution in [0.4, 0.5) is 0 Å². The SMILES string of the molecule is O=C(O)c1cccc2cccc(C(=O)N(CCO)CCO)c12. The highest BCUT2D eigenvalue weighted by Gasteiger charge is 2.20. The van der Waals surface area contributed by atoms with Gasteiger partial charge in [0.2, 0.25) is 0 Å². The molecule has 3 N–H and O–H groups in total. The van der Waals surface area contributed by atoms with Crippen molar-refractivity contribution < 1.29 is 24.9 Å². The summed E-state index contributed by atoms with van der Waals surface area (Å²) in [6.07, 6.45) is 0. The number of aromatic carboxylic acids is 1. The molecule has 116 valence electrons. The fourth-order valence-electron chi connectivity index (χ4n) is 2.42. The molecule has 0 aliphatic rings. The molecule has 0 unspecified atom stereocenters. The quantitative estimate of drug-likeness (QED) is 0.738. The number of carbonyl (C=O) groups excluding carboxylic acids is 1. The van der Waals surface area contributed by atoms with E-state index in [2.05, 4.69) is 0 Å². The van der Waals surface area contributed by atoms with Crippen LogP contribution in [0.5, 0.6) is 0 Å². The molecule has 0 aromatic heterocycles. The summed E-state index contributed by atoms with van der Waals surface area (Å²) < 4.78 is 0. The normalized spacial score (nSPS) is 10.6. The van der Waals surface area contributed by atoms with Crippen LogP contribution in [0, 0.1) is 0 Å². The minimum absolute atomic E-state index is 0.0504. The van der Waals surface area contributed by atoms with Crippen molar-refractivity contribution in [2.45, 2.75) is 0 Å². The molecule has 1 amide bonds. The summed E-state index contributed by atoms with van der Waals surface area (Å²) in [5.41, 5.74) is 0.298. The van der Waals surface area contributed by atoms with Crippen molar-refractivity contribution >= 4 is 22.6 Å². The number of carboxylic acids is 1. The van der Waals surface area contributed by atoms with Crippen molar-refractivity contribution in [1.82, 2.24) is 4.90 Å². The van der Waals surface area contributed by atoms with E-state index in [-0.39, 0.29) is 37.4 Å². The van der Waals surface area contributed by atoms with Gasteiger partial charge in [0.05, 0.1) is 18.8 Å². The van der Waals surface area contributed by atoms with Crippen LogP contribution in [0.2, 0.25) is 0 Å². The molecule has 0 spiro atoms. The van der Waals surface area contributed by atoms with E-state index in [0.29, 0.717) is 10.8 Å². The molecule has 0 aliphatic carbocycles. The second-order valence-corrected chi connectivity index (χ2v) is 4.75. The van der Waals surface area contributed by atoms with Crippen molar-refractivity contribution in [3.05, 3.63) is 47.5 Å². The van der Waals surface area contributed by atoms with Gasteiger partial charge in [0, 0.05) is 24.0 Å². The molecule has 0 atom stereocenters. The van der Waals surface area contributed by atoms with Crippen LogP contribution in [0.3, 0.4) is 0 Å². The molecule has 0 fully saturated rings. The van der Waals surface area contributed by atoms with Crippen LogP contribution in [0.15, 0.2) is 36.4 Å². The number of fused-ring (bicyclic) bond motifs is 1. The summed E-state index contributed by atoms with van der Waals surface area (Å²) in [6.45, 7) is -0.319. The third-order valence-corrected chi connectivity index (χ3v) is 3.39. The number of hydrogen-bond acceptors (Lipinski definition) is 4. The number of aliphatic hydroxyl groups excluding tert-OH is 2. The molecule has 0 radical (unpaired) electrons. The summed E-state index contributed by atoms with van der Waals surface area (Å²) in [7, 11) is 0. The van der Waals surface area contributed by atoms with E-state index in [1.54, 1.807) is 30.3 Å². The number of carboxylic acid groups (broad SMARTS) is 1. The van der Waals surface area contributed by atoms with Gasteiger partial charge in [-0.1, -0.05) is 24.3 Å². The lowest BCUT2D eigenvalue weighted by atomic mass is 9.98. The molecule has 0 aliphatic heterocycles. The number of rotatable bonds is 6. The molecule has 2 rings (SSSR count). The van der Waals surface area contributed by atoms with Gasteiger partial charge in [-0.15, -0.1) is 0 Å². The van der Waals surface area contributed by atoms with Crippen LogP contribution >= 0.6 is 0 Å². The number of nitrogens with zero attached hydrogens (tertiary/aromatic N) is 1. The first-order valence-corrected chi connectivity index (χ1v) is 6.86. The Morgan fingerprint density at radius 2 is 1.45 bits per heavy atom. The average Bonchev–Trinajstić information content (AvgIpc) is 2.52. The number of carbonyl (C=O) groups is 2. The highest BCUT2D eigenvalue weighted by Crippen LogP contribution is 2.24. The van der Waals surface area contributed by atoms with Crippen LogP contribution in [0.1, 0.15) is 20.7 Å². The third kappa shape index (κ3) is 3.08. The molecule has 6 heteroatoms. The van der Waals surface area contributed by atoms with Gasteiger partial charge in [-0.05, 0) is 17.5 Å². The predicted octanol–water partition coefficient (Wildman–Crippen LogP) is 0.965. The van der Waals surface area contributed by atoms with Crippen LogP contribution in [-0.4, -0.2) is 58.4 Å². The predicted molar refractivity (Wildman–Crippen MR) is 81.0 cm³/mol. The molecule has 0 saturated heterocycles. The lowest BCUT2D eigenvalue weighted by molar-refractivity contribution is 0.0687. The number of hydrogen-bond donors (Lipinski definition) is 3. The van der Waals surface area contributed by atoms with Gasteiger partial charge in [-0.2, -0.15) is 0 Å².